The molecule has 1 saturated carbocycles. The summed E-state index contributed by atoms with van der Waals surface area (Å²) < 4.78 is 17.7. The van der Waals surface area contributed by atoms with Crippen LogP contribution >= 0.6 is 0 Å². The zero-order valence-electron chi connectivity index (χ0n) is 18.5. The van der Waals surface area contributed by atoms with E-state index in [4.69, 9.17) is 13.9 Å². The number of carbonyl (C=O) groups excluding carboxylic acids is 2. The number of rotatable bonds is 5. The first kappa shape index (κ1) is 20.6. The predicted molar refractivity (Wildman–Crippen MR) is 121 cm³/mol. The van der Waals surface area contributed by atoms with Crippen LogP contribution in [0.5, 0.6) is 11.5 Å². The summed E-state index contributed by atoms with van der Waals surface area (Å²) in [5.74, 6) is 1.41. The molecule has 6 nitrogen and oxygen atoms in total. The third-order valence-corrected chi connectivity index (χ3v) is 6.55. The number of furan rings is 1. The number of aryl methyl sites for hydroxylation is 1. The third kappa shape index (κ3) is 3.53. The molecule has 2 heterocycles. The molecule has 1 aromatic heterocycles. The molecule has 2 aliphatic rings. The second kappa shape index (κ2) is 8.01. The molecule has 0 radical (unpaired) electrons. The number of benzene rings is 2. The lowest BCUT2D eigenvalue weighted by molar-refractivity contribution is 0.0454. The predicted octanol–water partition coefficient (Wildman–Crippen LogP) is 5.35. The molecule has 1 amide bonds. The van der Waals surface area contributed by atoms with E-state index in [-0.39, 0.29) is 23.1 Å². The lowest BCUT2D eigenvalue weighted by atomic mass is 9.87. The maximum Gasteiger partial charge on any atom is 0.287 e. The lowest BCUT2D eigenvalue weighted by Gasteiger charge is -2.34. The maximum atomic E-state index is 13.1. The van der Waals surface area contributed by atoms with Crippen molar-refractivity contribution in [2.75, 3.05) is 6.61 Å². The smallest absolute Gasteiger partial charge is 0.287 e. The fourth-order valence-corrected chi connectivity index (χ4v) is 4.98. The van der Waals surface area contributed by atoms with Crippen molar-refractivity contribution in [2.24, 2.45) is 0 Å². The van der Waals surface area contributed by atoms with Crippen LogP contribution in [0.15, 0.2) is 40.8 Å². The zero-order valence-corrected chi connectivity index (χ0v) is 18.5. The van der Waals surface area contributed by atoms with E-state index in [0.717, 1.165) is 37.0 Å². The molecule has 2 aromatic carbocycles. The van der Waals surface area contributed by atoms with E-state index in [1.165, 1.54) is 0 Å². The third-order valence-electron chi connectivity index (χ3n) is 6.55. The van der Waals surface area contributed by atoms with Crippen LogP contribution < -0.4 is 14.8 Å². The van der Waals surface area contributed by atoms with Crippen molar-refractivity contribution < 1.29 is 23.5 Å². The Morgan fingerprint density at radius 1 is 1.12 bits per heavy atom. The van der Waals surface area contributed by atoms with Gasteiger partial charge in [-0.25, -0.2) is 0 Å². The van der Waals surface area contributed by atoms with Crippen molar-refractivity contribution in [3.05, 3.63) is 58.8 Å². The number of nitrogens with one attached hydrogen (secondary N) is 1. The molecule has 3 aromatic rings. The summed E-state index contributed by atoms with van der Waals surface area (Å²) in [6.07, 6.45) is 4.41. The Kier molecular flexibility index (Phi) is 5.16. The van der Waals surface area contributed by atoms with Crippen LogP contribution in [-0.4, -0.2) is 23.9 Å². The zero-order chi connectivity index (χ0) is 22.3. The number of amides is 1. The second-order valence-corrected chi connectivity index (χ2v) is 8.72. The molecule has 0 atom stereocenters. The first-order chi connectivity index (χ1) is 15.5. The quantitative estimate of drug-likeness (QED) is 0.587. The monoisotopic (exact) mass is 433 g/mol. The molecule has 5 rings (SSSR count). The van der Waals surface area contributed by atoms with Gasteiger partial charge in [0.15, 0.2) is 11.5 Å². The molecule has 0 saturated heterocycles. The largest absolute Gasteiger partial charge is 0.494 e. The number of Topliss-reactive ketones (excluding diaryl/α,β-unsaturated/α-hetero) is 1. The highest BCUT2D eigenvalue weighted by atomic mass is 16.5. The van der Waals surface area contributed by atoms with Gasteiger partial charge in [-0.1, -0.05) is 12.1 Å². The van der Waals surface area contributed by atoms with Gasteiger partial charge in [-0.3, -0.25) is 9.59 Å². The highest BCUT2D eigenvalue weighted by molar-refractivity contribution is 6.13. The average Bonchev–Trinajstić information content (AvgIpc) is 3.37. The van der Waals surface area contributed by atoms with Gasteiger partial charge in [0.1, 0.15) is 22.7 Å². The van der Waals surface area contributed by atoms with Crippen molar-refractivity contribution in [3.63, 3.8) is 0 Å². The fourth-order valence-electron chi connectivity index (χ4n) is 4.98. The van der Waals surface area contributed by atoms with Gasteiger partial charge in [0.25, 0.3) is 5.91 Å². The summed E-state index contributed by atoms with van der Waals surface area (Å²) in [7, 11) is 0. The molecule has 1 fully saturated rings. The fraction of sp³-hybridized carbons (Fsp3) is 0.385. The highest BCUT2D eigenvalue weighted by Crippen LogP contribution is 2.46. The summed E-state index contributed by atoms with van der Waals surface area (Å²) in [5, 5.41) is 3.60. The van der Waals surface area contributed by atoms with E-state index in [2.05, 4.69) is 5.32 Å². The van der Waals surface area contributed by atoms with Crippen LogP contribution in [-0.2, 0) is 6.54 Å². The van der Waals surface area contributed by atoms with Crippen LogP contribution in [0.25, 0.3) is 11.0 Å². The first-order valence-electron chi connectivity index (χ1n) is 11.3. The van der Waals surface area contributed by atoms with Crippen molar-refractivity contribution in [1.82, 2.24) is 5.32 Å². The minimum atomic E-state index is -0.354. The van der Waals surface area contributed by atoms with E-state index in [1.54, 1.807) is 12.1 Å². The van der Waals surface area contributed by atoms with E-state index in [1.807, 2.05) is 38.1 Å². The Balaban J connectivity index is 1.39. The summed E-state index contributed by atoms with van der Waals surface area (Å²) in [4.78, 5) is 26.0. The Bertz CT molecular complexity index is 1190. The minimum absolute atomic E-state index is 0.0731. The molecule has 0 bridgehead atoms. The Morgan fingerprint density at radius 3 is 2.59 bits per heavy atom. The van der Waals surface area contributed by atoms with Crippen LogP contribution in [0, 0.1) is 6.92 Å². The summed E-state index contributed by atoms with van der Waals surface area (Å²) in [5.41, 5.74) is 2.35. The van der Waals surface area contributed by atoms with Gasteiger partial charge in [0, 0.05) is 17.5 Å². The van der Waals surface area contributed by atoms with E-state index >= 15 is 0 Å². The number of carbonyl (C=O) groups is 2. The molecule has 1 aliphatic heterocycles. The van der Waals surface area contributed by atoms with Gasteiger partial charge in [0.05, 0.1) is 18.6 Å². The van der Waals surface area contributed by atoms with Crippen LogP contribution in [0.2, 0.25) is 0 Å². The molecular formula is C26H27NO5. The topological polar surface area (TPSA) is 77.8 Å². The molecule has 1 N–H and O–H groups in total. The minimum Gasteiger partial charge on any atom is -0.494 e. The Hall–Kier alpha value is -3.28. The lowest BCUT2D eigenvalue weighted by Crippen LogP contribution is -2.39. The van der Waals surface area contributed by atoms with Crippen LogP contribution in [0.3, 0.4) is 0 Å². The van der Waals surface area contributed by atoms with Gasteiger partial charge in [0.2, 0.25) is 0 Å². The van der Waals surface area contributed by atoms with E-state index in [9.17, 15) is 9.59 Å². The number of ether oxygens (including phenoxy) is 2. The average molecular weight is 434 g/mol. The van der Waals surface area contributed by atoms with Gasteiger partial charge >= 0.3 is 0 Å². The maximum absolute atomic E-state index is 13.1. The number of hydrogen-bond donors (Lipinski definition) is 1. The SMILES string of the molecule is CCOc1ccc(CNC(=O)c2oc3ccc4c(c3c2C)C(=O)CC2(CCCC2)O4)cc1. The molecule has 1 aliphatic carbocycles. The van der Waals surface area contributed by atoms with Gasteiger partial charge < -0.3 is 19.2 Å². The molecular weight excluding hydrogens is 406 g/mol. The van der Waals surface area contributed by atoms with E-state index in [0.29, 0.717) is 47.4 Å². The molecule has 166 valence electrons. The number of ketones is 1. The van der Waals surface area contributed by atoms with Crippen molar-refractivity contribution in [1.29, 1.82) is 0 Å². The van der Waals surface area contributed by atoms with Gasteiger partial charge in [-0.2, -0.15) is 0 Å². The van der Waals surface area contributed by atoms with Crippen molar-refractivity contribution in [3.8, 4) is 11.5 Å². The Morgan fingerprint density at radius 2 is 1.88 bits per heavy atom. The normalized spacial score (nSPS) is 16.8. The molecule has 0 unspecified atom stereocenters. The number of fused-ring (bicyclic) bond motifs is 3. The summed E-state index contributed by atoms with van der Waals surface area (Å²) in [6.45, 7) is 4.74. The highest BCUT2D eigenvalue weighted by Gasteiger charge is 2.43. The Labute approximate surface area is 186 Å². The molecule has 32 heavy (non-hydrogen) atoms. The number of hydrogen-bond acceptors (Lipinski definition) is 5. The van der Waals surface area contributed by atoms with Crippen molar-refractivity contribution >= 4 is 22.7 Å². The molecule has 6 heteroatoms. The van der Waals surface area contributed by atoms with Crippen LogP contribution in [0.4, 0.5) is 0 Å². The van der Waals surface area contributed by atoms with E-state index < -0.39 is 0 Å². The van der Waals surface area contributed by atoms with Gasteiger partial charge in [-0.15, -0.1) is 0 Å². The second-order valence-electron chi connectivity index (χ2n) is 8.72. The standard InChI is InChI=1S/C26H27NO5/c1-3-30-18-8-6-17(7-9-18)15-27-25(29)24-16(2)22-20(31-24)10-11-21-23(22)19(28)14-26(32-21)12-4-5-13-26/h6-11H,3-5,12-15H2,1-2H3,(H,27,29). The summed E-state index contributed by atoms with van der Waals surface area (Å²) >= 11 is 0. The van der Waals surface area contributed by atoms with Crippen molar-refractivity contribution in [2.45, 2.75) is 58.1 Å². The summed E-state index contributed by atoms with van der Waals surface area (Å²) in [6, 6.07) is 11.2. The molecule has 1 spiro atoms. The first-order valence-corrected chi connectivity index (χ1v) is 11.3. The van der Waals surface area contributed by atoms with Crippen LogP contribution in [0.1, 0.15) is 71.1 Å². The van der Waals surface area contributed by atoms with Gasteiger partial charge in [-0.05, 0) is 69.4 Å².